The van der Waals surface area contributed by atoms with E-state index in [0.717, 1.165) is 13.8 Å². The van der Waals surface area contributed by atoms with Gasteiger partial charge in [-0.2, -0.15) is 0 Å². The first-order valence-electron chi connectivity index (χ1n) is 16.0. The first-order valence-corrected chi connectivity index (χ1v) is 16.0. The molecule has 0 unspecified atom stereocenters. The second kappa shape index (κ2) is 16.4. The van der Waals surface area contributed by atoms with Crippen LogP contribution < -0.4 is 10.6 Å². The number of amides is 2. The van der Waals surface area contributed by atoms with Gasteiger partial charge in [0.15, 0.2) is 31.3 Å². The Hall–Kier alpha value is -2.27. The highest BCUT2D eigenvalue weighted by molar-refractivity contribution is 5.74. The topological polar surface area (TPSA) is 351 Å². The van der Waals surface area contributed by atoms with Gasteiger partial charge in [0.05, 0.1) is 19.8 Å². The van der Waals surface area contributed by atoms with Gasteiger partial charge < -0.3 is 99.6 Å². The first-order chi connectivity index (χ1) is 24.1. The van der Waals surface area contributed by atoms with Crippen LogP contribution in [0.3, 0.4) is 0 Å². The Labute approximate surface area is 288 Å². The highest BCUT2D eigenvalue weighted by atomic mass is 16.8. The summed E-state index contributed by atoms with van der Waals surface area (Å²) in [5.74, 6) is -3.26. The van der Waals surface area contributed by atoms with Crippen molar-refractivity contribution >= 4 is 17.8 Å². The van der Waals surface area contributed by atoms with Gasteiger partial charge in [-0.3, -0.25) is 9.59 Å². The van der Waals surface area contributed by atoms with Gasteiger partial charge in [0, 0.05) is 13.8 Å². The van der Waals surface area contributed by atoms with Crippen LogP contribution in [0.1, 0.15) is 13.8 Å². The lowest BCUT2D eigenvalue weighted by Gasteiger charge is -2.49. The molecule has 12 N–H and O–H groups in total. The Kier molecular flexibility index (Phi) is 12.8. The van der Waals surface area contributed by atoms with Gasteiger partial charge in [-0.25, -0.2) is 4.79 Å². The smallest absolute Gasteiger partial charge is 0.335 e. The van der Waals surface area contributed by atoms with E-state index in [1.807, 2.05) is 0 Å². The standard InChI is InChI=1S/C28H44N2O21/c1-6(34)29-11-16(39)13(36)8(3-31)44-25(11)50-22-17(40)21-23(24(42)43)51-28(22)48-20-15(38)10(5-33)46-27(18(20)41)47-19-12(30-7(2)35)26(49-21)45-9(4-32)14(19)37/h8-23,25-28,31-33,36-41H,3-5H2,1-2H3,(H,29,34)(H,30,35)(H,42,43)/t8-,9-,10-,11-,12-,13-,14+,15+,16-,17+,18-,19-,20+,21+,22-,23+,25+,26+,27+,28-/m1/s1. The fraction of sp³-hybridized carbons (Fsp3) is 0.893. The van der Waals surface area contributed by atoms with Gasteiger partial charge >= 0.3 is 5.97 Å². The summed E-state index contributed by atoms with van der Waals surface area (Å²) >= 11 is 0. The molecule has 23 heteroatoms. The minimum Gasteiger partial charge on any atom is -0.479 e. The van der Waals surface area contributed by atoms with Gasteiger partial charge in [-0.1, -0.05) is 0 Å². The number of carbonyl (C=O) groups is 3. The Morgan fingerprint density at radius 1 is 0.549 bits per heavy atom. The molecule has 292 valence electrons. The number of aliphatic carboxylic acids is 1. The van der Waals surface area contributed by atoms with Crippen molar-refractivity contribution in [1.29, 1.82) is 0 Å². The van der Waals surface area contributed by atoms with E-state index in [2.05, 4.69) is 10.6 Å². The second-order valence-electron chi connectivity index (χ2n) is 12.7. The van der Waals surface area contributed by atoms with Crippen molar-refractivity contribution in [1.82, 2.24) is 10.6 Å². The monoisotopic (exact) mass is 744 g/mol. The lowest BCUT2D eigenvalue weighted by Crippen LogP contribution is -2.70. The summed E-state index contributed by atoms with van der Waals surface area (Å²) in [6, 6.07) is -3.19. The van der Waals surface area contributed by atoms with E-state index in [9.17, 15) is 65.4 Å². The van der Waals surface area contributed by atoms with Crippen molar-refractivity contribution in [3.8, 4) is 0 Å². The maximum atomic E-state index is 12.6. The van der Waals surface area contributed by atoms with E-state index in [1.54, 1.807) is 0 Å². The summed E-state index contributed by atoms with van der Waals surface area (Å²) in [6.07, 6.45) is -33.7. The number of aliphatic hydroxyl groups excluding tert-OH is 9. The molecule has 6 aliphatic rings. The number of hydrogen-bond acceptors (Lipinski definition) is 20. The van der Waals surface area contributed by atoms with Crippen LogP contribution in [-0.4, -0.2) is 211 Å². The molecule has 6 saturated heterocycles. The fourth-order valence-corrected chi connectivity index (χ4v) is 6.70. The van der Waals surface area contributed by atoms with E-state index >= 15 is 0 Å². The molecule has 23 nitrogen and oxygen atoms in total. The Balaban J connectivity index is 1.63. The van der Waals surface area contributed by atoms with Crippen LogP contribution in [0.2, 0.25) is 0 Å². The predicted molar refractivity (Wildman–Crippen MR) is 154 cm³/mol. The Morgan fingerprint density at radius 2 is 1.06 bits per heavy atom. The summed E-state index contributed by atoms with van der Waals surface area (Å²) in [6.45, 7) is -0.544. The molecule has 0 radical (unpaired) electrons. The van der Waals surface area contributed by atoms with E-state index in [1.165, 1.54) is 0 Å². The van der Waals surface area contributed by atoms with Crippen LogP contribution in [0.25, 0.3) is 0 Å². The molecule has 0 aromatic carbocycles. The zero-order chi connectivity index (χ0) is 37.5. The quantitative estimate of drug-likeness (QED) is 0.110. The highest BCUT2D eigenvalue weighted by Gasteiger charge is 2.59. The summed E-state index contributed by atoms with van der Waals surface area (Å²) in [5, 5.41) is 112. The number of carbonyl (C=O) groups excluding carboxylic acids is 2. The molecule has 6 rings (SSSR count). The molecule has 0 aromatic heterocycles. The van der Waals surface area contributed by atoms with Crippen molar-refractivity contribution < 1.29 is 103 Å². The fourth-order valence-electron chi connectivity index (χ4n) is 6.70. The van der Waals surface area contributed by atoms with Crippen molar-refractivity contribution in [2.24, 2.45) is 0 Å². The van der Waals surface area contributed by atoms with E-state index in [4.69, 9.17) is 37.9 Å². The number of carboxylic acid groups (broad SMARTS) is 1. The van der Waals surface area contributed by atoms with Crippen LogP contribution >= 0.6 is 0 Å². The SMILES string of the molecule is CC(=O)N[C@H]1[C@H](O[C@H]2[C@@H]3O[C@H]4[C@@H](O)[C@@H](CO)O[C@@H](O[C@H]5[C@@H](O)[C@@H](CO)O[C@@H](O[C@@H]([C@@H]2O)[C@@H](C(=O)O)O3)[C@@H]5NC(C)=O)[C@@H]4O)O[C@H](CO)[C@@H](O)[C@@H]1O. The average Bonchev–Trinajstić information content (AvgIpc) is 3.07. The summed E-state index contributed by atoms with van der Waals surface area (Å²) in [7, 11) is 0. The van der Waals surface area contributed by atoms with Crippen molar-refractivity contribution in [2.75, 3.05) is 19.8 Å². The maximum Gasteiger partial charge on any atom is 0.335 e. The largest absolute Gasteiger partial charge is 0.479 e. The summed E-state index contributed by atoms with van der Waals surface area (Å²) in [5.41, 5.74) is 0. The third-order valence-electron chi connectivity index (χ3n) is 9.23. The lowest BCUT2D eigenvalue weighted by atomic mass is 9.94. The molecule has 20 atom stereocenters. The molecule has 0 spiro atoms. The summed E-state index contributed by atoms with van der Waals surface area (Å²) in [4.78, 5) is 37.0. The van der Waals surface area contributed by atoms with Crippen LogP contribution in [0.15, 0.2) is 0 Å². The molecule has 6 aliphatic heterocycles. The number of nitrogens with one attached hydrogen (secondary N) is 2. The Morgan fingerprint density at radius 3 is 1.63 bits per heavy atom. The molecular formula is C28H44N2O21. The predicted octanol–water partition coefficient (Wildman–Crippen LogP) is -8.32. The van der Waals surface area contributed by atoms with Crippen LogP contribution in [0, 0.1) is 0 Å². The number of aliphatic hydroxyl groups is 9. The van der Waals surface area contributed by atoms with Crippen molar-refractivity contribution in [3.05, 3.63) is 0 Å². The van der Waals surface area contributed by atoms with Crippen LogP contribution in [0.4, 0.5) is 0 Å². The minimum atomic E-state index is -2.19. The molecule has 2 amide bonds. The maximum absolute atomic E-state index is 12.6. The number of fused-ring (bicyclic) bond motifs is 2. The van der Waals surface area contributed by atoms with Crippen molar-refractivity contribution in [2.45, 2.75) is 137 Å². The van der Waals surface area contributed by atoms with Gasteiger partial charge in [0.25, 0.3) is 0 Å². The normalized spacial score (nSPS) is 48.8. The third-order valence-corrected chi connectivity index (χ3v) is 9.23. The zero-order valence-corrected chi connectivity index (χ0v) is 27.1. The van der Waals surface area contributed by atoms with Gasteiger partial charge in [0.1, 0.15) is 91.4 Å². The van der Waals surface area contributed by atoms with Gasteiger partial charge in [-0.05, 0) is 0 Å². The van der Waals surface area contributed by atoms with Crippen molar-refractivity contribution in [3.63, 3.8) is 0 Å². The zero-order valence-electron chi connectivity index (χ0n) is 27.1. The third kappa shape index (κ3) is 8.00. The minimum absolute atomic E-state index is 0.743. The average molecular weight is 745 g/mol. The number of rotatable bonds is 8. The molecule has 6 fully saturated rings. The highest BCUT2D eigenvalue weighted by Crippen LogP contribution is 2.38. The lowest BCUT2D eigenvalue weighted by molar-refractivity contribution is -0.383. The van der Waals surface area contributed by atoms with Crippen LogP contribution in [0.5, 0.6) is 0 Å². The molecule has 0 aromatic rings. The van der Waals surface area contributed by atoms with Gasteiger partial charge in [-0.15, -0.1) is 0 Å². The van der Waals surface area contributed by atoms with Gasteiger partial charge in [0.2, 0.25) is 11.8 Å². The second-order valence-corrected chi connectivity index (χ2v) is 12.7. The summed E-state index contributed by atoms with van der Waals surface area (Å²) < 4.78 is 46.2. The molecule has 0 aliphatic carbocycles. The molecular weight excluding hydrogens is 700 g/mol. The number of carboxylic acids is 1. The number of hydrogen-bond donors (Lipinski definition) is 12. The van der Waals surface area contributed by atoms with E-state index in [-0.39, 0.29) is 0 Å². The van der Waals surface area contributed by atoms with E-state index in [0.29, 0.717) is 0 Å². The molecule has 6 bridgehead atoms. The number of ether oxygens (including phenoxy) is 8. The first kappa shape index (κ1) is 39.9. The van der Waals surface area contributed by atoms with E-state index < -0.39 is 160 Å². The molecule has 51 heavy (non-hydrogen) atoms. The Bertz CT molecular complexity index is 1230. The van der Waals surface area contributed by atoms with Crippen LogP contribution in [-0.2, 0) is 52.3 Å². The molecule has 0 saturated carbocycles. The molecule has 6 heterocycles.